The number of carbonyl (C=O) groups excluding carboxylic acids is 1. The molecule has 0 spiro atoms. The first-order valence-electron chi connectivity index (χ1n) is 7.61. The zero-order valence-electron chi connectivity index (χ0n) is 11.7. The molecule has 3 N–H and O–H groups in total. The molecule has 0 bridgehead atoms. The normalized spacial score (nSPS) is 31.4. The van der Waals surface area contributed by atoms with E-state index in [4.69, 9.17) is 5.11 Å². The van der Waals surface area contributed by atoms with Crippen molar-refractivity contribution in [3.05, 3.63) is 0 Å². The summed E-state index contributed by atoms with van der Waals surface area (Å²) in [6.07, 6.45) is 5.87. The van der Waals surface area contributed by atoms with Gasteiger partial charge in [-0.3, -0.25) is 4.79 Å². The van der Waals surface area contributed by atoms with Crippen molar-refractivity contribution in [1.29, 1.82) is 0 Å². The van der Waals surface area contributed by atoms with E-state index in [1.165, 1.54) is 19.4 Å². The second-order valence-corrected chi connectivity index (χ2v) is 6.47. The molecule has 6 nitrogen and oxygen atoms in total. The molecule has 1 aliphatic carbocycles. The second kappa shape index (κ2) is 5.24. The second-order valence-electron chi connectivity index (χ2n) is 6.47. The predicted octanol–water partition coefficient (Wildman–Crippen LogP) is 0.777. The number of nitrogens with zero attached hydrogens (tertiary/aromatic N) is 1. The van der Waals surface area contributed by atoms with Gasteiger partial charge in [0.05, 0.1) is 5.41 Å². The molecule has 2 heterocycles. The number of hydrogen-bond acceptors (Lipinski definition) is 3. The summed E-state index contributed by atoms with van der Waals surface area (Å²) in [5.74, 6) is -0.794. The number of rotatable bonds is 4. The smallest absolute Gasteiger partial charge is 0.315 e. The molecule has 1 saturated carbocycles. The zero-order valence-corrected chi connectivity index (χ0v) is 11.7. The first kappa shape index (κ1) is 13.7. The maximum absolute atomic E-state index is 11.9. The number of aliphatic carboxylic acids is 1. The van der Waals surface area contributed by atoms with Gasteiger partial charge in [0.2, 0.25) is 0 Å². The van der Waals surface area contributed by atoms with Crippen LogP contribution < -0.4 is 10.6 Å². The lowest BCUT2D eigenvalue weighted by Gasteiger charge is -2.35. The number of urea groups is 1. The van der Waals surface area contributed by atoms with Gasteiger partial charge in [-0.1, -0.05) is 0 Å². The molecule has 2 amide bonds. The molecule has 112 valence electrons. The van der Waals surface area contributed by atoms with Crippen molar-refractivity contribution < 1.29 is 14.7 Å². The summed E-state index contributed by atoms with van der Waals surface area (Å²) in [5, 5.41) is 14.8. The fourth-order valence-electron chi connectivity index (χ4n) is 3.46. The van der Waals surface area contributed by atoms with E-state index in [2.05, 4.69) is 15.5 Å². The van der Waals surface area contributed by atoms with Crippen LogP contribution in [0.4, 0.5) is 4.79 Å². The minimum Gasteiger partial charge on any atom is -0.481 e. The Labute approximate surface area is 118 Å². The maximum atomic E-state index is 11.9. The summed E-state index contributed by atoms with van der Waals surface area (Å²) < 4.78 is 0. The quantitative estimate of drug-likeness (QED) is 0.711. The summed E-state index contributed by atoms with van der Waals surface area (Å²) in [7, 11) is 0. The fourth-order valence-corrected chi connectivity index (χ4v) is 3.46. The van der Waals surface area contributed by atoms with Crippen molar-refractivity contribution in [2.75, 3.05) is 19.6 Å². The van der Waals surface area contributed by atoms with E-state index in [9.17, 15) is 9.59 Å². The molecule has 2 atom stereocenters. The van der Waals surface area contributed by atoms with Crippen LogP contribution >= 0.6 is 0 Å². The van der Waals surface area contributed by atoms with Crippen molar-refractivity contribution in [2.24, 2.45) is 5.41 Å². The molecule has 0 aromatic carbocycles. The number of hydrogen-bond donors (Lipinski definition) is 3. The first-order valence-corrected chi connectivity index (χ1v) is 7.61. The third-order valence-corrected chi connectivity index (χ3v) is 5.05. The van der Waals surface area contributed by atoms with Crippen molar-refractivity contribution in [3.63, 3.8) is 0 Å². The van der Waals surface area contributed by atoms with Crippen LogP contribution in [0.15, 0.2) is 0 Å². The van der Waals surface area contributed by atoms with Gasteiger partial charge in [-0.05, 0) is 45.1 Å². The van der Waals surface area contributed by atoms with Crippen LogP contribution in [-0.4, -0.2) is 53.7 Å². The van der Waals surface area contributed by atoms with Gasteiger partial charge in [-0.15, -0.1) is 0 Å². The van der Waals surface area contributed by atoms with Crippen molar-refractivity contribution in [1.82, 2.24) is 15.5 Å². The fraction of sp³-hybridized carbons (Fsp3) is 0.857. The van der Waals surface area contributed by atoms with E-state index in [0.717, 1.165) is 19.4 Å². The number of carboxylic acids is 1. The van der Waals surface area contributed by atoms with Crippen molar-refractivity contribution in [3.8, 4) is 0 Å². The van der Waals surface area contributed by atoms with Gasteiger partial charge in [0.25, 0.3) is 0 Å². The Balaban J connectivity index is 1.42. The summed E-state index contributed by atoms with van der Waals surface area (Å²) in [4.78, 5) is 25.4. The summed E-state index contributed by atoms with van der Waals surface area (Å²) in [6.45, 7) is 2.51. The highest BCUT2D eigenvalue weighted by Crippen LogP contribution is 2.45. The summed E-state index contributed by atoms with van der Waals surface area (Å²) >= 11 is 0. The molecule has 0 radical (unpaired) electrons. The van der Waals surface area contributed by atoms with E-state index < -0.39 is 11.4 Å². The summed E-state index contributed by atoms with van der Waals surface area (Å²) in [5.41, 5.74) is -0.688. The molecule has 6 heteroatoms. The Morgan fingerprint density at radius 2 is 2.05 bits per heavy atom. The molecule has 3 fully saturated rings. The van der Waals surface area contributed by atoms with Gasteiger partial charge >= 0.3 is 12.0 Å². The Hall–Kier alpha value is -1.30. The number of amides is 2. The monoisotopic (exact) mass is 281 g/mol. The van der Waals surface area contributed by atoms with Crippen LogP contribution in [0.1, 0.15) is 38.5 Å². The van der Waals surface area contributed by atoms with Crippen molar-refractivity contribution in [2.45, 2.75) is 50.6 Å². The van der Waals surface area contributed by atoms with Crippen LogP contribution in [0.5, 0.6) is 0 Å². The third-order valence-electron chi connectivity index (χ3n) is 5.05. The molecule has 0 aromatic heterocycles. The van der Waals surface area contributed by atoms with Gasteiger partial charge in [0.15, 0.2) is 0 Å². The molecule has 2 aliphatic heterocycles. The van der Waals surface area contributed by atoms with Gasteiger partial charge in [0.1, 0.15) is 0 Å². The van der Waals surface area contributed by atoms with E-state index >= 15 is 0 Å². The molecule has 20 heavy (non-hydrogen) atoms. The molecule has 3 rings (SSSR count). The number of nitrogens with one attached hydrogen (secondary N) is 2. The number of carboxylic acid groups (broad SMARTS) is 1. The van der Waals surface area contributed by atoms with E-state index in [0.29, 0.717) is 18.9 Å². The lowest BCUT2D eigenvalue weighted by Crippen LogP contribution is -2.50. The average molecular weight is 281 g/mol. The minimum atomic E-state index is -0.794. The number of piperidine rings is 1. The van der Waals surface area contributed by atoms with Crippen LogP contribution in [0.2, 0.25) is 0 Å². The molecule has 2 unspecified atom stereocenters. The molecule has 2 saturated heterocycles. The van der Waals surface area contributed by atoms with E-state index in [1.807, 2.05) is 0 Å². The summed E-state index contributed by atoms with van der Waals surface area (Å²) in [6, 6.07) is 0.645. The third kappa shape index (κ3) is 2.75. The Morgan fingerprint density at radius 1 is 1.25 bits per heavy atom. The molecule has 3 aliphatic rings. The maximum Gasteiger partial charge on any atom is 0.315 e. The predicted molar refractivity (Wildman–Crippen MR) is 73.5 cm³/mol. The Morgan fingerprint density at radius 3 is 2.75 bits per heavy atom. The average Bonchev–Trinajstić information content (AvgIpc) is 3.08. The Bertz CT molecular complexity index is 408. The van der Waals surface area contributed by atoms with E-state index in [-0.39, 0.29) is 18.6 Å². The number of carbonyl (C=O) groups is 2. The Kier molecular flexibility index (Phi) is 3.58. The van der Waals surface area contributed by atoms with Crippen LogP contribution in [0.25, 0.3) is 0 Å². The van der Waals surface area contributed by atoms with Crippen LogP contribution in [-0.2, 0) is 4.79 Å². The van der Waals surface area contributed by atoms with Gasteiger partial charge in [-0.25, -0.2) is 4.79 Å². The lowest BCUT2D eigenvalue weighted by atomic mass is 9.98. The highest BCUT2D eigenvalue weighted by molar-refractivity contribution is 5.80. The lowest BCUT2D eigenvalue weighted by molar-refractivity contribution is -0.143. The standard InChI is InChI=1S/C14H23N3O3/c18-12(19)14(4-5-14)9-15-13(20)16-10-3-7-17-6-1-2-11(17)8-10/h10-11H,1-9H2,(H,18,19)(H2,15,16,20). The molecular weight excluding hydrogens is 258 g/mol. The zero-order chi connectivity index (χ0) is 14.2. The van der Waals surface area contributed by atoms with Gasteiger partial charge in [-0.2, -0.15) is 0 Å². The van der Waals surface area contributed by atoms with Gasteiger partial charge < -0.3 is 20.6 Å². The highest BCUT2D eigenvalue weighted by Gasteiger charge is 2.50. The van der Waals surface area contributed by atoms with Crippen LogP contribution in [0.3, 0.4) is 0 Å². The van der Waals surface area contributed by atoms with Crippen molar-refractivity contribution >= 4 is 12.0 Å². The first-order chi connectivity index (χ1) is 9.59. The molecular formula is C14H23N3O3. The highest BCUT2D eigenvalue weighted by atomic mass is 16.4. The minimum absolute atomic E-state index is 0.214. The topological polar surface area (TPSA) is 81.7 Å². The number of fused-ring (bicyclic) bond motifs is 1. The van der Waals surface area contributed by atoms with E-state index in [1.54, 1.807) is 0 Å². The largest absolute Gasteiger partial charge is 0.481 e. The molecule has 0 aromatic rings. The SMILES string of the molecule is O=C(NCC1(C(=O)O)CC1)NC1CCN2CCCC2C1. The van der Waals surface area contributed by atoms with Gasteiger partial charge in [0, 0.05) is 25.2 Å². The van der Waals surface area contributed by atoms with Crippen LogP contribution in [0, 0.1) is 5.41 Å².